The molecule has 1 aliphatic rings. The van der Waals surface area contributed by atoms with Gasteiger partial charge in [0.1, 0.15) is 0 Å². The average Bonchev–Trinajstić information content (AvgIpc) is 2.53. The maximum Gasteiger partial charge on any atom is 0.227 e. The molecule has 0 aromatic carbocycles. The monoisotopic (exact) mass is 304 g/mol. The molecule has 1 fully saturated rings. The van der Waals surface area contributed by atoms with Gasteiger partial charge in [0.15, 0.2) is 0 Å². The summed E-state index contributed by atoms with van der Waals surface area (Å²) in [7, 11) is 0. The number of hydrogen-bond acceptors (Lipinski definition) is 4. The predicted molar refractivity (Wildman–Crippen MR) is 89.2 cm³/mol. The van der Waals surface area contributed by atoms with Gasteiger partial charge in [-0.3, -0.25) is 20.6 Å². The van der Waals surface area contributed by atoms with Gasteiger partial charge in [-0.05, 0) is 50.2 Å². The van der Waals surface area contributed by atoms with Crippen molar-refractivity contribution >= 4 is 11.6 Å². The van der Waals surface area contributed by atoms with Crippen LogP contribution in [0.25, 0.3) is 0 Å². The molecule has 1 heterocycles. The Kier molecular flexibility index (Phi) is 6.80. The number of carbonyl (C=O) groups is 1. The third kappa shape index (κ3) is 5.73. The quantitative estimate of drug-likeness (QED) is 0.535. The van der Waals surface area contributed by atoms with Crippen LogP contribution in [-0.4, -0.2) is 23.5 Å². The van der Waals surface area contributed by atoms with Crippen LogP contribution in [0.4, 0.5) is 5.69 Å². The first-order chi connectivity index (χ1) is 10.6. The van der Waals surface area contributed by atoms with Crippen molar-refractivity contribution in [2.45, 2.75) is 52.0 Å². The molecule has 0 bridgehead atoms. The minimum atomic E-state index is 0.127. The number of amides is 1. The standard InChI is InChI=1S/C17H28N4O/c1-13(2)7-12-19-21-16-5-3-14(4-6-16)17(22)20-15-8-10-18-11-9-15/h8-11,13-14,16,19,21H,3-7,12H2,1-2H3,(H,18,20,22). The van der Waals surface area contributed by atoms with Crippen LogP contribution >= 0.6 is 0 Å². The number of pyridine rings is 1. The Labute approximate surface area is 133 Å². The van der Waals surface area contributed by atoms with E-state index in [-0.39, 0.29) is 11.8 Å². The number of nitrogens with one attached hydrogen (secondary N) is 3. The molecule has 1 saturated carbocycles. The highest BCUT2D eigenvalue weighted by molar-refractivity contribution is 5.92. The molecule has 0 saturated heterocycles. The minimum Gasteiger partial charge on any atom is -0.326 e. The molecule has 0 aliphatic heterocycles. The van der Waals surface area contributed by atoms with Crippen molar-refractivity contribution < 1.29 is 4.79 Å². The van der Waals surface area contributed by atoms with E-state index in [1.807, 2.05) is 12.1 Å². The summed E-state index contributed by atoms with van der Waals surface area (Å²) in [5, 5.41) is 2.98. The number of aromatic nitrogens is 1. The highest BCUT2D eigenvalue weighted by Crippen LogP contribution is 2.25. The topological polar surface area (TPSA) is 66.0 Å². The third-order valence-electron chi connectivity index (χ3n) is 4.20. The number of nitrogens with zero attached hydrogens (tertiary/aromatic N) is 1. The van der Waals surface area contributed by atoms with Crippen molar-refractivity contribution in [1.29, 1.82) is 0 Å². The number of rotatable bonds is 7. The zero-order chi connectivity index (χ0) is 15.8. The Morgan fingerprint density at radius 2 is 1.91 bits per heavy atom. The van der Waals surface area contributed by atoms with Gasteiger partial charge in [0.05, 0.1) is 0 Å². The van der Waals surface area contributed by atoms with E-state index in [1.165, 1.54) is 6.42 Å². The number of anilines is 1. The van der Waals surface area contributed by atoms with Crippen LogP contribution in [0.2, 0.25) is 0 Å². The highest BCUT2D eigenvalue weighted by Gasteiger charge is 2.26. The van der Waals surface area contributed by atoms with E-state index in [2.05, 4.69) is 35.0 Å². The molecule has 22 heavy (non-hydrogen) atoms. The zero-order valence-electron chi connectivity index (χ0n) is 13.6. The summed E-state index contributed by atoms with van der Waals surface area (Å²) in [4.78, 5) is 16.2. The molecule has 0 radical (unpaired) electrons. The van der Waals surface area contributed by atoms with E-state index >= 15 is 0 Å². The maximum absolute atomic E-state index is 12.2. The van der Waals surface area contributed by atoms with Crippen molar-refractivity contribution in [3.05, 3.63) is 24.5 Å². The summed E-state index contributed by atoms with van der Waals surface area (Å²) in [6.07, 6.45) is 8.54. The largest absolute Gasteiger partial charge is 0.326 e. The van der Waals surface area contributed by atoms with Gasteiger partial charge in [-0.25, -0.2) is 0 Å². The van der Waals surface area contributed by atoms with Crippen molar-refractivity contribution in [2.24, 2.45) is 11.8 Å². The van der Waals surface area contributed by atoms with Gasteiger partial charge in [0, 0.05) is 36.6 Å². The van der Waals surface area contributed by atoms with Gasteiger partial charge in [0.25, 0.3) is 0 Å². The molecule has 5 nitrogen and oxygen atoms in total. The summed E-state index contributed by atoms with van der Waals surface area (Å²) in [6, 6.07) is 4.13. The molecule has 1 aliphatic carbocycles. The van der Waals surface area contributed by atoms with Gasteiger partial charge in [-0.2, -0.15) is 0 Å². The number of hydrogen-bond donors (Lipinski definition) is 3. The fraction of sp³-hybridized carbons (Fsp3) is 0.647. The van der Waals surface area contributed by atoms with E-state index in [1.54, 1.807) is 12.4 Å². The van der Waals surface area contributed by atoms with Crippen LogP contribution in [0.1, 0.15) is 46.0 Å². The van der Waals surface area contributed by atoms with E-state index in [0.717, 1.165) is 43.8 Å². The number of hydrazine groups is 1. The highest BCUT2D eigenvalue weighted by atomic mass is 16.1. The van der Waals surface area contributed by atoms with E-state index in [4.69, 9.17) is 0 Å². The maximum atomic E-state index is 12.2. The Bertz CT molecular complexity index is 441. The normalized spacial score (nSPS) is 21.8. The Morgan fingerprint density at radius 1 is 1.23 bits per heavy atom. The van der Waals surface area contributed by atoms with Crippen LogP contribution in [0.15, 0.2) is 24.5 Å². The van der Waals surface area contributed by atoms with Gasteiger partial charge < -0.3 is 5.32 Å². The van der Waals surface area contributed by atoms with Crippen molar-refractivity contribution in [3.63, 3.8) is 0 Å². The molecule has 122 valence electrons. The molecule has 0 spiro atoms. The molecule has 5 heteroatoms. The summed E-state index contributed by atoms with van der Waals surface area (Å²) in [6.45, 7) is 5.46. The van der Waals surface area contributed by atoms with Crippen LogP contribution in [0.3, 0.4) is 0 Å². The van der Waals surface area contributed by atoms with Crippen LogP contribution < -0.4 is 16.2 Å². The minimum absolute atomic E-state index is 0.127. The first kappa shape index (κ1) is 16.9. The van der Waals surface area contributed by atoms with Gasteiger partial charge >= 0.3 is 0 Å². The first-order valence-corrected chi connectivity index (χ1v) is 8.34. The van der Waals surface area contributed by atoms with Gasteiger partial charge in [-0.1, -0.05) is 13.8 Å². The fourth-order valence-electron chi connectivity index (χ4n) is 2.76. The second kappa shape index (κ2) is 8.86. The number of carbonyl (C=O) groups excluding carboxylic acids is 1. The molecule has 0 atom stereocenters. The first-order valence-electron chi connectivity index (χ1n) is 8.34. The van der Waals surface area contributed by atoms with Gasteiger partial charge in [0.2, 0.25) is 5.91 Å². The van der Waals surface area contributed by atoms with E-state index in [0.29, 0.717) is 6.04 Å². The average molecular weight is 304 g/mol. The lowest BCUT2D eigenvalue weighted by molar-refractivity contribution is -0.120. The lowest BCUT2D eigenvalue weighted by atomic mass is 9.85. The fourth-order valence-corrected chi connectivity index (χ4v) is 2.76. The van der Waals surface area contributed by atoms with Crippen molar-refractivity contribution in [2.75, 3.05) is 11.9 Å². The molecule has 1 aromatic rings. The van der Waals surface area contributed by atoms with Crippen molar-refractivity contribution in [3.8, 4) is 0 Å². The predicted octanol–water partition coefficient (Wildman–Crippen LogP) is 2.72. The molecular formula is C17H28N4O. The Hall–Kier alpha value is -1.46. The zero-order valence-corrected chi connectivity index (χ0v) is 13.6. The molecule has 2 rings (SSSR count). The second-order valence-electron chi connectivity index (χ2n) is 6.53. The summed E-state index contributed by atoms with van der Waals surface area (Å²) < 4.78 is 0. The van der Waals surface area contributed by atoms with Crippen molar-refractivity contribution in [1.82, 2.24) is 15.8 Å². The van der Waals surface area contributed by atoms with Crippen LogP contribution in [0, 0.1) is 11.8 Å². The molecule has 1 aromatic heterocycles. The SMILES string of the molecule is CC(C)CCNNC1CCC(C(=O)Nc2ccncc2)CC1. The smallest absolute Gasteiger partial charge is 0.227 e. The molecule has 1 amide bonds. The third-order valence-corrected chi connectivity index (χ3v) is 4.20. The Morgan fingerprint density at radius 3 is 2.55 bits per heavy atom. The second-order valence-corrected chi connectivity index (χ2v) is 6.53. The summed E-state index contributed by atoms with van der Waals surface area (Å²) in [5.74, 6) is 0.987. The lowest BCUT2D eigenvalue weighted by Crippen LogP contribution is -2.44. The molecular weight excluding hydrogens is 276 g/mol. The van der Waals surface area contributed by atoms with E-state index in [9.17, 15) is 4.79 Å². The molecule has 3 N–H and O–H groups in total. The summed E-state index contributed by atoms with van der Waals surface area (Å²) >= 11 is 0. The van der Waals surface area contributed by atoms with Crippen LogP contribution in [0.5, 0.6) is 0 Å². The van der Waals surface area contributed by atoms with Crippen LogP contribution in [-0.2, 0) is 4.79 Å². The van der Waals surface area contributed by atoms with E-state index < -0.39 is 0 Å². The lowest BCUT2D eigenvalue weighted by Gasteiger charge is -2.28. The Balaban J connectivity index is 1.65. The summed E-state index contributed by atoms with van der Waals surface area (Å²) in [5.41, 5.74) is 7.54. The molecule has 0 unspecified atom stereocenters. The van der Waals surface area contributed by atoms with Gasteiger partial charge in [-0.15, -0.1) is 0 Å².